The van der Waals surface area contributed by atoms with Crippen LogP contribution in [-0.4, -0.2) is 48.5 Å². The molecule has 2 aromatic carbocycles. The quantitative estimate of drug-likeness (QED) is 0.475. The molecule has 3 aromatic rings. The SMILES string of the molecule is O=C(N[C@H](CO)c1ccc(OC(F)F)cc1)c1ccc2cnc(NC3CCOCC3)cc2c1. The minimum Gasteiger partial charge on any atom is -0.435 e. The van der Waals surface area contributed by atoms with Gasteiger partial charge in [0.15, 0.2) is 0 Å². The zero-order valence-electron chi connectivity index (χ0n) is 17.8. The largest absolute Gasteiger partial charge is 0.435 e. The summed E-state index contributed by atoms with van der Waals surface area (Å²) in [6.07, 6.45) is 3.60. The Morgan fingerprint density at radius 3 is 2.58 bits per heavy atom. The molecule has 0 unspecified atom stereocenters. The number of hydrogen-bond donors (Lipinski definition) is 3. The van der Waals surface area contributed by atoms with Crippen LogP contribution in [0.1, 0.15) is 34.8 Å². The summed E-state index contributed by atoms with van der Waals surface area (Å²) in [5.41, 5.74) is 1.00. The number of nitrogens with zero attached hydrogens (tertiary/aromatic N) is 1. The van der Waals surface area contributed by atoms with Crippen LogP contribution in [0.5, 0.6) is 5.75 Å². The van der Waals surface area contributed by atoms with E-state index in [2.05, 4.69) is 20.4 Å². The molecule has 0 saturated carbocycles. The Labute approximate surface area is 189 Å². The molecule has 0 aliphatic carbocycles. The van der Waals surface area contributed by atoms with Crippen LogP contribution < -0.4 is 15.4 Å². The summed E-state index contributed by atoms with van der Waals surface area (Å²) >= 11 is 0. The van der Waals surface area contributed by atoms with E-state index in [4.69, 9.17) is 4.74 Å². The number of aliphatic hydroxyl groups excluding tert-OH is 1. The Bertz CT molecular complexity index is 1090. The predicted molar refractivity (Wildman–Crippen MR) is 120 cm³/mol. The average molecular weight is 457 g/mol. The number of carbonyl (C=O) groups excluding carboxylic acids is 1. The molecule has 1 aliphatic heterocycles. The predicted octanol–water partition coefficient (Wildman–Crippen LogP) is 3.89. The van der Waals surface area contributed by atoms with Crippen molar-refractivity contribution in [3.05, 3.63) is 65.9 Å². The summed E-state index contributed by atoms with van der Waals surface area (Å²) in [6, 6.07) is 12.6. The van der Waals surface area contributed by atoms with Crippen LogP contribution in [0.2, 0.25) is 0 Å². The minimum absolute atomic E-state index is 0.00470. The van der Waals surface area contributed by atoms with E-state index in [1.54, 1.807) is 18.3 Å². The zero-order chi connectivity index (χ0) is 23.2. The van der Waals surface area contributed by atoms with Gasteiger partial charge in [0.1, 0.15) is 11.6 Å². The first kappa shape index (κ1) is 22.9. The summed E-state index contributed by atoms with van der Waals surface area (Å²) in [7, 11) is 0. The van der Waals surface area contributed by atoms with Gasteiger partial charge in [-0.05, 0) is 54.1 Å². The molecular weight excluding hydrogens is 432 g/mol. The highest BCUT2D eigenvalue weighted by molar-refractivity contribution is 5.99. The van der Waals surface area contributed by atoms with Crippen LogP contribution in [0.3, 0.4) is 0 Å². The third-order valence-electron chi connectivity index (χ3n) is 5.55. The van der Waals surface area contributed by atoms with Crippen molar-refractivity contribution in [2.45, 2.75) is 31.5 Å². The van der Waals surface area contributed by atoms with E-state index in [1.165, 1.54) is 24.3 Å². The normalized spacial score (nSPS) is 15.4. The van der Waals surface area contributed by atoms with Crippen LogP contribution in [0.25, 0.3) is 10.8 Å². The number of nitrogens with one attached hydrogen (secondary N) is 2. The summed E-state index contributed by atoms with van der Waals surface area (Å²) in [5, 5.41) is 17.7. The van der Waals surface area contributed by atoms with Gasteiger partial charge in [0, 0.05) is 36.4 Å². The number of aliphatic hydroxyl groups is 1. The van der Waals surface area contributed by atoms with Gasteiger partial charge in [-0.3, -0.25) is 4.79 Å². The van der Waals surface area contributed by atoms with Crippen LogP contribution >= 0.6 is 0 Å². The van der Waals surface area contributed by atoms with Gasteiger partial charge >= 0.3 is 6.61 Å². The number of anilines is 1. The monoisotopic (exact) mass is 457 g/mol. The van der Waals surface area contributed by atoms with Gasteiger partial charge in [0.25, 0.3) is 5.91 Å². The Morgan fingerprint density at radius 1 is 1.12 bits per heavy atom. The first-order valence-corrected chi connectivity index (χ1v) is 10.7. The second kappa shape index (κ2) is 10.5. The van der Waals surface area contributed by atoms with E-state index in [9.17, 15) is 18.7 Å². The highest BCUT2D eigenvalue weighted by Crippen LogP contribution is 2.22. The molecule has 0 spiro atoms. The van der Waals surface area contributed by atoms with Crippen molar-refractivity contribution in [3.63, 3.8) is 0 Å². The molecule has 3 N–H and O–H groups in total. The lowest BCUT2D eigenvalue weighted by Crippen LogP contribution is -2.30. The molecule has 1 saturated heterocycles. The fraction of sp³-hybridized carbons (Fsp3) is 0.333. The Kier molecular flexibility index (Phi) is 7.31. The molecule has 1 fully saturated rings. The van der Waals surface area contributed by atoms with E-state index in [0.29, 0.717) is 17.2 Å². The summed E-state index contributed by atoms with van der Waals surface area (Å²) in [4.78, 5) is 17.3. The lowest BCUT2D eigenvalue weighted by atomic mass is 10.0. The second-order valence-corrected chi connectivity index (χ2v) is 7.82. The molecule has 2 heterocycles. The van der Waals surface area contributed by atoms with Crippen molar-refractivity contribution in [3.8, 4) is 5.75 Å². The number of alkyl halides is 2. The Morgan fingerprint density at radius 2 is 1.88 bits per heavy atom. The first-order chi connectivity index (χ1) is 16.0. The van der Waals surface area contributed by atoms with Gasteiger partial charge < -0.3 is 25.2 Å². The maximum atomic E-state index is 12.9. The maximum absolute atomic E-state index is 12.9. The van der Waals surface area contributed by atoms with Gasteiger partial charge in [0.05, 0.1) is 12.6 Å². The summed E-state index contributed by atoms with van der Waals surface area (Å²) < 4.78 is 34.4. The number of aromatic nitrogens is 1. The van der Waals surface area contributed by atoms with Crippen molar-refractivity contribution in [1.29, 1.82) is 0 Å². The topological polar surface area (TPSA) is 92.7 Å². The van der Waals surface area contributed by atoms with Crippen LogP contribution in [0.15, 0.2) is 54.7 Å². The fourth-order valence-electron chi connectivity index (χ4n) is 3.77. The van der Waals surface area contributed by atoms with E-state index in [0.717, 1.165) is 42.6 Å². The zero-order valence-corrected chi connectivity index (χ0v) is 17.8. The van der Waals surface area contributed by atoms with Gasteiger partial charge in [-0.2, -0.15) is 8.78 Å². The standard InChI is InChI=1S/C24H25F2N3O4/c25-24(26)33-20-5-3-15(4-6-20)21(14-30)29-23(31)16-1-2-17-13-27-22(12-18(17)11-16)28-19-7-9-32-10-8-19/h1-6,11-13,19,21,24,30H,7-10,14H2,(H,27,28)(H,29,31)/t21-/m1/s1. The van der Waals surface area contributed by atoms with Gasteiger partial charge in [-0.15, -0.1) is 0 Å². The highest BCUT2D eigenvalue weighted by atomic mass is 19.3. The van der Waals surface area contributed by atoms with Crippen molar-refractivity contribution in [1.82, 2.24) is 10.3 Å². The van der Waals surface area contributed by atoms with Crippen molar-refractivity contribution < 1.29 is 28.2 Å². The maximum Gasteiger partial charge on any atom is 0.387 e. The first-order valence-electron chi connectivity index (χ1n) is 10.7. The van der Waals surface area contributed by atoms with Crippen LogP contribution in [-0.2, 0) is 4.74 Å². The molecule has 1 amide bonds. The van der Waals surface area contributed by atoms with E-state index in [-0.39, 0.29) is 18.3 Å². The van der Waals surface area contributed by atoms with Crippen molar-refractivity contribution in [2.24, 2.45) is 0 Å². The van der Waals surface area contributed by atoms with E-state index in [1.807, 2.05) is 12.1 Å². The van der Waals surface area contributed by atoms with E-state index < -0.39 is 12.7 Å². The third-order valence-corrected chi connectivity index (χ3v) is 5.55. The van der Waals surface area contributed by atoms with Crippen LogP contribution in [0.4, 0.5) is 14.6 Å². The van der Waals surface area contributed by atoms with Crippen LogP contribution in [0, 0.1) is 0 Å². The van der Waals surface area contributed by atoms with Gasteiger partial charge in [-0.1, -0.05) is 18.2 Å². The lowest BCUT2D eigenvalue weighted by molar-refractivity contribution is -0.0498. The highest BCUT2D eigenvalue weighted by Gasteiger charge is 2.17. The smallest absolute Gasteiger partial charge is 0.387 e. The number of fused-ring (bicyclic) bond motifs is 1. The Balaban J connectivity index is 1.46. The number of halogens is 2. The molecule has 1 aliphatic rings. The molecule has 1 aromatic heterocycles. The average Bonchev–Trinajstić information content (AvgIpc) is 2.83. The number of rotatable bonds is 8. The number of ether oxygens (including phenoxy) is 2. The van der Waals surface area contributed by atoms with Gasteiger partial charge in [-0.25, -0.2) is 4.98 Å². The number of pyridine rings is 1. The summed E-state index contributed by atoms with van der Waals surface area (Å²) in [6.45, 7) is -1.82. The second-order valence-electron chi connectivity index (χ2n) is 7.82. The molecule has 0 radical (unpaired) electrons. The van der Waals surface area contributed by atoms with E-state index >= 15 is 0 Å². The molecule has 33 heavy (non-hydrogen) atoms. The van der Waals surface area contributed by atoms with Crippen molar-refractivity contribution >= 4 is 22.5 Å². The fourth-order valence-corrected chi connectivity index (χ4v) is 3.77. The molecule has 174 valence electrons. The lowest BCUT2D eigenvalue weighted by Gasteiger charge is -2.23. The number of hydrogen-bond acceptors (Lipinski definition) is 6. The number of benzene rings is 2. The third kappa shape index (κ3) is 5.94. The number of carbonyl (C=O) groups is 1. The van der Waals surface area contributed by atoms with Crippen molar-refractivity contribution in [2.75, 3.05) is 25.1 Å². The number of amides is 1. The molecule has 4 rings (SSSR count). The van der Waals surface area contributed by atoms with Gasteiger partial charge in [0.2, 0.25) is 0 Å². The minimum atomic E-state index is -2.92. The molecule has 0 bridgehead atoms. The molecule has 1 atom stereocenters. The molecule has 7 nitrogen and oxygen atoms in total. The summed E-state index contributed by atoms with van der Waals surface area (Å²) in [5.74, 6) is 0.385. The Hall–Kier alpha value is -3.30. The molecule has 9 heteroatoms. The molecular formula is C24H25F2N3O4.